The summed E-state index contributed by atoms with van der Waals surface area (Å²) in [5.41, 5.74) is 0.0256. The van der Waals surface area contributed by atoms with Gasteiger partial charge in [0, 0.05) is 42.5 Å². The number of nitrogens with one attached hydrogen (secondary N) is 2. The quantitative estimate of drug-likeness (QED) is 0.265. The highest BCUT2D eigenvalue weighted by Crippen LogP contribution is 2.28. The number of hydrogen-bond acceptors (Lipinski definition) is 5. The number of aromatic carboxylic acids is 1. The Morgan fingerprint density at radius 2 is 1.74 bits per heavy atom. The van der Waals surface area contributed by atoms with Crippen LogP contribution in [0.1, 0.15) is 64.3 Å². The molecule has 11 heteroatoms. The predicted molar refractivity (Wildman–Crippen MR) is 154 cm³/mol. The molecule has 42 heavy (non-hydrogen) atoms. The summed E-state index contributed by atoms with van der Waals surface area (Å²) in [7, 11) is 0. The van der Waals surface area contributed by atoms with Gasteiger partial charge in [0.1, 0.15) is 28.7 Å². The first-order valence-corrected chi connectivity index (χ1v) is 13.8. The van der Waals surface area contributed by atoms with Gasteiger partial charge in [-0.1, -0.05) is 18.6 Å². The highest BCUT2D eigenvalue weighted by Gasteiger charge is 2.25. The van der Waals surface area contributed by atoms with E-state index in [1.54, 1.807) is 24.4 Å². The second-order valence-corrected chi connectivity index (χ2v) is 10.5. The number of fused-ring (bicyclic) bond motifs is 1. The number of imidazole rings is 1. The van der Waals surface area contributed by atoms with Crippen LogP contribution < -0.4 is 10.6 Å². The number of carboxylic acids is 1. The maximum atomic E-state index is 14.8. The Morgan fingerprint density at radius 3 is 2.45 bits per heavy atom. The van der Waals surface area contributed by atoms with Gasteiger partial charge in [0.05, 0.1) is 11.3 Å². The van der Waals surface area contributed by atoms with Crippen LogP contribution in [-0.4, -0.2) is 62.3 Å². The van der Waals surface area contributed by atoms with Crippen LogP contribution in [0.3, 0.4) is 0 Å². The topological polar surface area (TPSA) is 116 Å². The molecule has 0 saturated carbocycles. The number of likely N-dealkylation sites (tertiary alicyclic amines) is 1. The smallest absolute Gasteiger partial charge is 0.338 e. The average Bonchev–Trinajstić information content (AvgIpc) is 3.35. The van der Waals surface area contributed by atoms with Crippen LogP contribution >= 0.6 is 0 Å². The van der Waals surface area contributed by atoms with E-state index in [4.69, 9.17) is 0 Å². The van der Waals surface area contributed by atoms with E-state index in [1.165, 1.54) is 29.0 Å². The Kier molecular flexibility index (Phi) is 8.30. The molecule has 218 valence electrons. The summed E-state index contributed by atoms with van der Waals surface area (Å²) in [6.07, 6.45) is 5.01. The molecule has 3 heterocycles. The molecule has 3 N–H and O–H groups in total. The van der Waals surface area contributed by atoms with Crippen molar-refractivity contribution >= 4 is 29.1 Å². The second-order valence-electron chi connectivity index (χ2n) is 10.5. The van der Waals surface area contributed by atoms with Crippen LogP contribution in [-0.2, 0) is 0 Å². The van der Waals surface area contributed by atoms with Gasteiger partial charge in [-0.15, -0.1) is 0 Å². The lowest BCUT2D eigenvalue weighted by atomic mass is 9.98. The van der Waals surface area contributed by atoms with E-state index in [-0.39, 0.29) is 28.2 Å². The van der Waals surface area contributed by atoms with Crippen LogP contribution in [0.15, 0.2) is 60.8 Å². The number of benzene rings is 2. The largest absolute Gasteiger partial charge is 0.478 e. The van der Waals surface area contributed by atoms with Gasteiger partial charge in [-0.25, -0.2) is 18.6 Å². The van der Waals surface area contributed by atoms with Gasteiger partial charge in [0.25, 0.3) is 11.8 Å². The number of aromatic nitrogens is 2. The summed E-state index contributed by atoms with van der Waals surface area (Å²) in [6.45, 7) is 5.49. The molecule has 9 nitrogen and oxygen atoms in total. The van der Waals surface area contributed by atoms with Gasteiger partial charge >= 0.3 is 5.97 Å². The van der Waals surface area contributed by atoms with Crippen molar-refractivity contribution in [1.82, 2.24) is 19.6 Å². The number of piperidine rings is 1. The van der Waals surface area contributed by atoms with E-state index in [0.29, 0.717) is 30.8 Å². The van der Waals surface area contributed by atoms with Crippen molar-refractivity contribution in [2.75, 3.05) is 18.4 Å². The first kappa shape index (κ1) is 28.9. The summed E-state index contributed by atoms with van der Waals surface area (Å²) in [4.78, 5) is 44.5. The Hall–Kier alpha value is -4.64. The fourth-order valence-corrected chi connectivity index (χ4v) is 5.51. The molecule has 0 radical (unpaired) electrons. The zero-order valence-corrected chi connectivity index (χ0v) is 23.2. The normalized spacial score (nSPS) is 17.2. The molecule has 2 aromatic carbocycles. The Labute approximate surface area is 241 Å². The van der Waals surface area contributed by atoms with Crippen LogP contribution in [0, 0.1) is 11.6 Å². The summed E-state index contributed by atoms with van der Waals surface area (Å²) in [6, 6.07) is 13.0. The predicted octanol–water partition coefficient (Wildman–Crippen LogP) is 5.22. The molecule has 0 aliphatic carbocycles. The minimum absolute atomic E-state index is 0.0212. The van der Waals surface area contributed by atoms with E-state index in [9.17, 15) is 28.3 Å². The van der Waals surface area contributed by atoms with Crippen LogP contribution in [0.25, 0.3) is 16.9 Å². The van der Waals surface area contributed by atoms with Gasteiger partial charge in [-0.3, -0.25) is 18.9 Å². The number of anilines is 1. The maximum absolute atomic E-state index is 14.8. The minimum atomic E-state index is -1.43. The lowest BCUT2D eigenvalue weighted by Gasteiger charge is -2.39. The van der Waals surface area contributed by atoms with Gasteiger partial charge in [-0.2, -0.15) is 0 Å². The third-order valence-electron chi connectivity index (χ3n) is 7.73. The van der Waals surface area contributed by atoms with Crippen LogP contribution in [0.5, 0.6) is 0 Å². The van der Waals surface area contributed by atoms with E-state index in [1.807, 2.05) is 0 Å². The summed E-state index contributed by atoms with van der Waals surface area (Å²) in [5, 5.41) is 14.6. The van der Waals surface area contributed by atoms with Crippen molar-refractivity contribution in [1.29, 1.82) is 0 Å². The van der Waals surface area contributed by atoms with E-state index in [2.05, 4.69) is 34.4 Å². The number of hydrogen-bond donors (Lipinski definition) is 3. The lowest BCUT2D eigenvalue weighted by Crippen LogP contribution is -2.47. The van der Waals surface area contributed by atoms with Crippen molar-refractivity contribution in [3.05, 3.63) is 89.2 Å². The molecule has 1 aliphatic heterocycles. The van der Waals surface area contributed by atoms with E-state index in [0.717, 1.165) is 31.0 Å². The van der Waals surface area contributed by atoms with Crippen molar-refractivity contribution in [2.45, 2.75) is 45.2 Å². The Balaban J connectivity index is 1.37. The summed E-state index contributed by atoms with van der Waals surface area (Å²) < 4.78 is 30.8. The minimum Gasteiger partial charge on any atom is -0.478 e. The molecular formula is C31H31F2N5O4. The van der Waals surface area contributed by atoms with E-state index >= 15 is 0 Å². The standard InChI is InChI=1S/C31H31F2N5O4/c1-18-6-5-7-19(2)37(18)15-13-34-29(39)21-10-12-23(32)25(17-21)35-30(40)28-27(36-26-8-3-4-14-38(26)28)20-9-11-22(31(41)42)24(33)16-20/h3-4,8-12,14,16-19H,5-7,13,15H2,1-2H3,(H,34,39)(H,35,40)(H,41,42)/t18-,19+. The molecule has 2 amide bonds. The van der Waals surface area contributed by atoms with E-state index < -0.39 is 35.0 Å². The third kappa shape index (κ3) is 5.87. The maximum Gasteiger partial charge on any atom is 0.338 e. The van der Waals surface area contributed by atoms with Crippen molar-refractivity contribution in [2.24, 2.45) is 0 Å². The molecule has 2 atom stereocenters. The second kappa shape index (κ2) is 12.1. The number of pyridine rings is 1. The van der Waals surface area contributed by atoms with Gasteiger partial charge < -0.3 is 15.7 Å². The van der Waals surface area contributed by atoms with Gasteiger partial charge in [0.2, 0.25) is 0 Å². The molecule has 0 spiro atoms. The monoisotopic (exact) mass is 575 g/mol. The zero-order chi connectivity index (χ0) is 30.0. The van der Waals surface area contributed by atoms with Gasteiger partial charge in [0.15, 0.2) is 0 Å². The highest BCUT2D eigenvalue weighted by molar-refractivity contribution is 6.08. The van der Waals surface area contributed by atoms with Crippen molar-refractivity contribution < 1.29 is 28.3 Å². The highest BCUT2D eigenvalue weighted by atomic mass is 19.1. The lowest BCUT2D eigenvalue weighted by molar-refractivity contribution is 0.0691. The van der Waals surface area contributed by atoms with Gasteiger partial charge in [-0.05, 0) is 69.2 Å². The van der Waals surface area contributed by atoms with Crippen molar-refractivity contribution in [3.63, 3.8) is 0 Å². The zero-order valence-electron chi connectivity index (χ0n) is 23.2. The van der Waals surface area contributed by atoms with Crippen molar-refractivity contribution in [3.8, 4) is 11.3 Å². The first-order chi connectivity index (χ1) is 20.1. The molecule has 1 saturated heterocycles. The molecule has 1 fully saturated rings. The first-order valence-electron chi connectivity index (χ1n) is 13.8. The number of carbonyl (C=O) groups excluding carboxylic acids is 2. The molecular weight excluding hydrogens is 544 g/mol. The molecule has 1 aliphatic rings. The van der Waals surface area contributed by atoms with Crippen LogP contribution in [0.2, 0.25) is 0 Å². The average molecular weight is 576 g/mol. The molecule has 5 rings (SSSR count). The Morgan fingerprint density at radius 1 is 0.976 bits per heavy atom. The molecule has 0 bridgehead atoms. The summed E-state index contributed by atoms with van der Waals surface area (Å²) in [5.74, 6) is -4.31. The fraction of sp³-hybridized carbons (Fsp3) is 0.290. The summed E-state index contributed by atoms with van der Waals surface area (Å²) >= 11 is 0. The number of carbonyl (C=O) groups is 3. The SMILES string of the molecule is C[C@@H]1CCC[C@H](C)N1CCNC(=O)c1ccc(F)c(NC(=O)c2c(-c3ccc(C(=O)O)c(F)c3)nc3ccccn23)c1. The van der Waals surface area contributed by atoms with Crippen LogP contribution in [0.4, 0.5) is 14.5 Å². The molecule has 0 unspecified atom stereocenters. The Bertz CT molecular complexity index is 1660. The third-order valence-corrected chi connectivity index (χ3v) is 7.73. The number of nitrogens with zero attached hydrogens (tertiary/aromatic N) is 3. The number of carboxylic acid groups (broad SMARTS) is 1. The fourth-order valence-electron chi connectivity index (χ4n) is 5.51. The number of halogens is 2. The number of rotatable bonds is 8. The molecule has 2 aromatic heterocycles. The molecule has 4 aromatic rings. The number of amides is 2.